The molecule has 0 aromatic carbocycles. The standard InChI is InChI=1S/C28H50O2/c1-4-7-9-10-11-12-13-14-15-16-17-18-19-20-21-22-23-25-28(29)30-26-27(6-3)24-8-5-2/h19-23,25,27H,4-18,24,26H2,1-3H3. The summed E-state index contributed by atoms with van der Waals surface area (Å²) in [5, 5.41) is 0. The first kappa shape index (κ1) is 28.7. The fourth-order valence-electron chi connectivity index (χ4n) is 3.51. The van der Waals surface area contributed by atoms with Crippen molar-refractivity contribution < 1.29 is 9.53 Å². The number of unbranched alkanes of at least 4 members (excludes halogenated alkanes) is 12. The first-order chi connectivity index (χ1) is 14.7. The van der Waals surface area contributed by atoms with Gasteiger partial charge in [0, 0.05) is 6.08 Å². The zero-order valence-electron chi connectivity index (χ0n) is 20.4. The molecule has 0 bridgehead atoms. The minimum atomic E-state index is -0.237. The number of ether oxygens (including phenoxy) is 1. The maximum Gasteiger partial charge on any atom is 0.330 e. The summed E-state index contributed by atoms with van der Waals surface area (Å²) < 4.78 is 5.34. The molecule has 2 heteroatoms. The van der Waals surface area contributed by atoms with Gasteiger partial charge in [-0.25, -0.2) is 4.79 Å². The molecule has 0 spiro atoms. The highest BCUT2D eigenvalue weighted by atomic mass is 16.5. The fraction of sp³-hybridized carbons (Fsp3) is 0.750. The predicted octanol–water partition coefficient (Wildman–Crippen LogP) is 9.12. The SMILES string of the molecule is CCCCCCCCCCCCCC=CC=CC=CC(=O)OCC(CC)CCCC. The van der Waals surface area contributed by atoms with Gasteiger partial charge in [-0.15, -0.1) is 0 Å². The first-order valence-corrected chi connectivity index (χ1v) is 12.9. The Balaban J connectivity index is 3.55. The van der Waals surface area contributed by atoms with E-state index < -0.39 is 0 Å². The highest BCUT2D eigenvalue weighted by Crippen LogP contribution is 2.13. The van der Waals surface area contributed by atoms with E-state index in [4.69, 9.17) is 4.74 Å². The Morgan fingerprint density at radius 3 is 1.87 bits per heavy atom. The summed E-state index contributed by atoms with van der Waals surface area (Å²) in [6, 6.07) is 0. The van der Waals surface area contributed by atoms with Gasteiger partial charge in [0.2, 0.25) is 0 Å². The number of carbonyl (C=O) groups excluding carboxylic acids is 1. The van der Waals surface area contributed by atoms with Gasteiger partial charge in [-0.1, -0.05) is 135 Å². The first-order valence-electron chi connectivity index (χ1n) is 12.9. The van der Waals surface area contributed by atoms with Gasteiger partial charge in [-0.3, -0.25) is 0 Å². The second-order valence-electron chi connectivity index (χ2n) is 8.54. The highest BCUT2D eigenvalue weighted by Gasteiger charge is 2.07. The second kappa shape index (κ2) is 24.0. The average molecular weight is 419 g/mol. The van der Waals surface area contributed by atoms with Crippen LogP contribution in [0.1, 0.15) is 124 Å². The van der Waals surface area contributed by atoms with Crippen LogP contribution in [0.4, 0.5) is 0 Å². The van der Waals surface area contributed by atoms with E-state index in [0.29, 0.717) is 12.5 Å². The van der Waals surface area contributed by atoms with Crippen LogP contribution < -0.4 is 0 Å². The molecule has 0 aliphatic rings. The van der Waals surface area contributed by atoms with Crippen molar-refractivity contribution in [3.8, 4) is 0 Å². The van der Waals surface area contributed by atoms with Gasteiger partial charge in [0.05, 0.1) is 6.61 Å². The minimum absolute atomic E-state index is 0.237. The summed E-state index contributed by atoms with van der Waals surface area (Å²) in [4.78, 5) is 11.7. The molecule has 0 fully saturated rings. The maximum absolute atomic E-state index is 11.7. The Hall–Kier alpha value is -1.31. The normalized spacial score (nSPS) is 13.0. The molecular formula is C28H50O2. The van der Waals surface area contributed by atoms with Crippen LogP contribution in [-0.4, -0.2) is 12.6 Å². The van der Waals surface area contributed by atoms with Gasteiger partial charge >= 0.3 is 5.97 Å². The van der Waals surface area contributed by atoms with Gasteiger partial charge in [-0.05, 0) is 25.2 Å². The molecule has 0 heterocycles. The van der Waals surface area contributed by atoms with Crippen molar-refractivity contribution in [2.24, 2.45) is 5.92 Å². The smallest absolute Gasteiger partial charge is 0.330 e. The molecule has 0 aliphatic carbocycles. The third kappa shape index (κ3) is 21.4. The molecule has 0 saturated heterocycles. The molecule has 0 amide bonds. The maximum atomic E-state index is 11.7. The molecule has 0 radical (unpaired) electrons. The lowest BCUT2D eigenvalue weighted by Crippen LogP contribution is -2.12. The van der Waals surface area contributed by atoms with E-state index in [1.165, 1.54) is 89.5 Å². The Labute approximate surface area is 188 Å². The van der Waals surface area contributed by atoms with Crippen LogP contribution in [0.5, 0.6) is 0 Å². The molecule has 0 N–H and O–H groups in total. The highest BCUT2D eigenvalue weighted by molar-refractivity contribution is 5.82. The zero-order valence-corrected chi connectivity index (χ0v) is 20.4. The van der Waals surface area contributed by atoms with Crippen LogP contribution in [0.15, 0.2) is 36.5 Å². The number of rotatable bonds is 21. The van der Waals surface area contributed by atoms with Crippen LogP contribution in [0.3, 0.4) is 0 Å². The number of esters is 1. The molecule has 0 saturated carbocycles. The van der Waals surface area contributed by atoms with Crippen LogP contribution in [0.2, 0.25) is 0 Å². The second-order valence-corrected chi connectivity index (χ2v) is 8.54. The molecular weight excluding hydrogens is 368 g/mol. The van der Waals surface area contributed by atoms with Crippen molar-refractivity contribution in [2.75, 3.05) is 6.61 Å². The molecule has 2 nitrogen and oxygen atoms in total. The van der Waals surface area contributed by atoms with E-state index in [2.05, 4.69) is 32.9 Å². The summed E-state index contributed by atoms with van der Waals surface area (Å²) in [6.45, 7) is 7.18. The number of hydrogen-bond acceptors (Lipinski definition) is 2. The fourth-order valence-corrected chi connectivity index (χ4v) is 3.51. The molecule has 174 valence electrons. The molecule has 0 rings (SSSR count). The number of allylic oxidation sites excluding steroid dienone is 5. The van der Waals surface area contributed by atoms with Crippen molar-refractivity contribution in [2.45, 2.75) is 124 Å². The van der Waals surface area contributed by atoms with E-state index in [1.54, 1.807) is 6.08 Å². The quantitative estimate of drug-likeness (QED) is 0.0803. The summed E-state index contributed by atoms with van der Waals surface area (Å²) >= 11 is 0. The monoisotopic (exact) mass is 418 g/mol. The van der Waals surface area contributed by atoms with Gasteiger partial charge in [-0.2, -0.15) is 0 Å². The molecule has 0 aromatic heterocycles. The van der Waals surface area contributed by atoms with Crippen molar-refractivity contribution in [3.63, 3.8) is 0 Å². The van der Waals surface area contributed by atoms with E-state index in [1.807, 2.05) is 12.2 Å². The van der Waals surface area contributed by atoms with Crippen LogP contribution >= 0.6 is 0 Å². The minimum Gasteiger partial charge on any atom is -0.462 e. The van der Waals surface area contributed by atoms with Crippen molar-refractivity contribution >= 4 is 5.97 Å². The van der Waals surface area contributed by atoms with Crippen LogP contribution in [0.25, 0.3) is 0 Å². The molecule has 0 aromatic rings. The Bertz CT molecular complexity index is 448. The van der Waals surface area contributed by atoms with Gasteiger partial charge in [0.15, 0.2) is 0 Å². The largest absolute Gasteiger partial charge is 0.462 e. The number of hydrogen-bond donors (Lipinski definition) is 0. The van der Waals surface area contributed by atoms with Crippen LogP contribution in [-0.2, 0) is 9.53 Å². The molecule has 30 heavy (non-hydrogen) atoms. The molecule has 1 unspecified atom stereocenters. The zero-order chi connectivity index (χ0) is 22.1. The Morgan fingerprint density at radius 1 is 0.700 bits per heavy atom. The van der Waals surface area contributed by atoms with Crippen molar-refractivity contribution in [1.29, 1.82) is 0 Å². The lowest BCUT2D eigenvalue weighted by atomic mass is 10.0. The third-order valence-electron chi connectivity index (χ3n) is 5.68. The Kier molecular flexibility index (Phi) is 22.9. The lowest BCUT2D eigenvalue weighted by molar-refractivity contribution is -0.139. The summed E-state index contributed by atoms with van der Waals surface area (Å²) in [5.74, 6) is 0.260. The van der Waals surface area contributed by atoms with Gasteiger partial charge in [0.25, 0.3) is 0 Å². The molecule has 0 aliphatic heterocycles. The van der Waals surface area contributed by atoms with E-state index in [0.717, 1.165) is 19.3 Å². The van der Waals surface area contributed by atoms with Crippen molar-refractivity contribution in [3.05, 3.63) is 36.5 Å². The van der Waals surface area contributed by atoms with Crippen molar-refractivity contribution in [1.82, 2.24) is 0 Å². The topological polar surface area (TPSA) is 26.3 Å². The summed E-state index contributed by atoms with van der Waals surface area (Å²) in [6.07, 6.45) is 32.5. The lowest BCUT2D eigenvalue weighted by Gasteiger charge is -2.13. The molecule has 1 atom stereocenters. The van der Waals surface area contributed by atoms with E-state index in [9.17, 15) is 4.79 Å². The summed E-state index contributed by atoms with van der Waals surface area (Å²) in [7, 11) is 0. The average Bonchev–Trinajstić information content (AvgIpc) is 2.76. The van der Waals surface area contributed by atoms with E-state index in [-0.39, 0.29) is 5.97 Å². The van der Waals surface area contributed by atoms with Gasteiger partial charge in [0.1, 0.15) is 0 Å². The van der Waals surface area contributed by atoms with Crippen LogP contribution in [0, 0.1) is 5.92 Å². The summed E-state index contributed by atoms with van der Waals surface area (Å²) in [5.41, 5.74) is 0. The number of carbonyl (C=O) groups is 1. The third-order valence-corrected chi connectivity index (χ3v) is 5.68. The van der Waals surface area contributed by atoms with E-state index >= 15 is 0 Å². The predicted molar refractivity (Wildman–Crippen MR) is 133 cm³/mol. The Morgan fingerprint density at radius 2 is 1.27 bits per heavy atom. The van der Waals surface area contributed by atoms with Gasteiger partial charge < -0.3 is 4.74 Å².